The number of halogens is 2. The molecule has 1 aromatic heterocycles. The molecule has 7 rings (SSSR count). The maximum atomic E-state index is 14.4. The van der Waals surface area contributed by atoms with Gasteiger partial charge in [-0.15, -0.1) is 0 Å². The van der Waals surface area contributed by atoms with Crippen molar-refractivity contribution in [3.8, 4) is 0 Å². The van der Waals surface area contributed by atoms with Crippen LogP contribution in [0.5, 0.6) is 0 Å². The Morgan fingerprint density at radius 3 is 2.46 bits per heavy atom. The molecule has 2 aliphatic rings. The van der Waals surface area contributed by atoms with Crippen molar-refractivity contribution in [1.29, 1.82) is 0 Å². The molecule has 0 radical (unpaired) electrons. The largest absolute Gasteiger partial charge is 0.381 e. The molecule has 0 spiro atoms. The van der Waals surface area contributed by atoms with E-state index in [4.69, 9.17) is 9.47 Å². The highest BCUT2D eigenvalue weighted by atomic mass is 19.1. The number of aromatic amines is 1. The number of likely N-dealkylation sites (N-methyl/N-ethyl adjacent to an activating group) is 1. The first kappa shape index (κ1) is 33.6. The Morgan fingerprint density at radius 2 is 1.70 bits per heavy atom. The molecule has 0 saturated carbocycles. The number of benzene rings is 4. The van der Waals surface area contributed by atoms with Crippen LogP contribution in [0.15, 0.2) is 84.9 Å². The third-order valence-corrected chi connectivity index (χ3v) is 9.60. The van der Waals surface area contributed by atoms with Gasteiger partial charge >= 0.3 is 0 Å². The maximum absolute atomic E-state index is 14.4. The number of nitrogens with one attached hydrogen (secondary N) is 3. The quantitative estimate of drug-likeness (QED) is 0.142. The number of hydrogen-bond donors (Lipinski definition) is 3. The Bertz CT molecular complexity index is 1900. The predicted octanol–water partition coefficient (Wildman–Crippen LogP) is 6.78. The molecule has 5 aromatic rings. The van der Waals surface area contributed by atoms with E-state index in [1.54, 1.807) is 0 Å². The summed E-state index contributed by atoms with van der Waals surface area (Å²) in [5.41, 5.74) is 5.30. The Balaban J connectivity index is 1.16. The van der Waals surface area contributed by atoms with Crippen molar-refractivity contribution < 1.29 is 23.0 Å². The lowest BCUT2D eigenvalue weighted by molar-refractivity contribution is 0.0904. The molecule has 260 valence electrons. The van der Waals surface area contributed by atoms with Crippen molar-refractivity contribution in [3.63, 3.8) is 0 Å². The number of hydrogen-bond acceptors (Lipinski definition) is 7. The van der Waals surface area contributed by atoms with Crippen LogP contribution in [0.25, 0.3) is 10.9 Å². The van der Waals surface area contributed by atoms with Crippen LogP contribution in [-0.4, -0.2) is 80.1 Å². The number of fused-ring (bicyclic) bond motifs is 1. The minimum absolute atomic E-state index is 0.184. The third kappa shape index (κ3) is 7.96. The van der Waals surface area contributed by atoms with Crippen LogP contribution in [0.4, 0.5) is 26.0 Å². The van der Waals surface area contributed by atoms with E-state index in [0.29, 0.717) is 47.7 Å². The summed E-state index contributed by atoms with van der Waals surface area (Å²) < 4.78 is 40.5. The zero-order valence-corrected chi connectivity index (χ0v) is 28.1. The van der Waals surface area contributed by atoms with Crippen molar-refractivity contribution in [2.24, 2.45) is 0 Å². The van der Waals surface area contributed by atoms with Crippen molar-refractivity contribution in [2.45, 2.75) is 31.4 Å². The molecule has 1 atom stereocenters. The summed E-state index contributed by atoms with van der Waals surface area (Å²) >= 11 is 0. The van der Waals surface area contributed by atoms with Crippen molar-refractivity contribution >= 4 is 34.0 Å². The van der Waals surface area contributed by atoms with Gasteiger partial charge in [0.25, 0.3) is 5.91 Å². The fourth-order valence-corrected chi connectivity index (χ4v) is 6.72. The van der Waals surface area contributed by atoms with E-state index < -0.39 is 17.6 Å². The summed E-state index contributed by atoms with van der Waals surface area (Å²) in [6.07, 6.45) is 1.72. The maximum Gasteiger partial charge on any atom is 0.258 e. The van der Waals surface area contributed by atoms with E-state index >= 15 is 0 Å². The minimum Gasteiger partial charge on any atom is -0.381 e. The van der Waals surface area contributed by atoms with Crippen LogP contribution in [-0.2, 0) is 16.1 Å². The van der Waals surface area contributed by atoms with E-state index in [2.05, 4.69) is 43.7 Å². The molecular weight excluding hydrogens is 638 g/mol. The number of amides is 1. The van der Waals surface area contributed by atoms with Gasteiger partial charge in [0, 0.05) is 74.2 Å². The first-order valence-corrected chi connectivity index (χ1v) is 17.2. The van der Waals surface area contributed by atoms with Gasteiger partial charge in [0.05, 0.1) is 24.3 Å². The molecular formula is C39H42F2N6O3. The first-order valence-electron chi connectivity index (χ1n) is 17.2. The number of carbonyl (C=O) groups excluding carboxylic acids is 1. The SMILES string of the molecule is CN1CCN(c2ccc(C(=O)Nc3n[nH]c4ccc(C(COCc5ccccc5)c5cc(F)cc(F)c5)cc34)c(NC3CCOCC3)c2)CC1. The molecule has 3 N–H and O–H groups in total. The normalized spacial score (nSPS) is 16.4. The number of anilines is 3. The molecule has 50 heavy (non-hydrogen) atoms. The standard InChI is InChI=1S/C39H42F2N6O3/c1-46-13-15-47(16-14-46)32-8-9-33(37(23-32)42-31-11-17-49-18-12-31)39(48)43-38-34-21-27(7-10-36(34)44-45-38)35(28-19-29(40)22-30(41)20-28)25-50-24-26-5-3-2-4-6-26/h2-10,19-23,31,35,42H,11-18,24-25H2,1H3,(H2,43,44,45,48). The second-order valence-electron chi connectivity index (χ2n) is 13.1. The van der Waals surface area contributed by atoms with Crippen LogP contribution >= 0.6 is 0 Å². The topological polar surface area (TPSA) is 94.8 Å². The van der Waals surface area contributed by atoms with E-state index in [1.165, 1.54) is 12.1 Å². The monoisotopic (exact) mass is 680 g/mol. The summed E-state index contributed by atoms with van der Waals surface area (Å²) in [7, 11) is 2.13. The fourth-order valence-electron chi connectivity index (χ4n) is 6.72. The molecule has 2 aliphatic heterocycles. The number of H-pyrrole nitrogens is 1. The molecule has 2 fully saturated rings. The van der Waals surface area contributed by atoms with E-state index in [0.717, 1.165) is 67.6 Å². The van der Waals surface area contributed by atoms with Crippen molar-refractivity contribution in [3.05, 3.63) is 119 Å². The van der Waals surface area contributed by atoms with Crippen LogP contribution in [0.1, 0.15) is 45.8 Å². The lowest BCUT2D eigenvalue weighted by Crippen LogP contribution is -2.44. The van der Waals surface area contributed by atoms with E-state index in [9.17, 15) is 13.6 Å². The van der Waals surface area contributed by atoms with Gasteiger partial charge in [-0.25, -0.2) is 8.78 Å². The van der Waals surface area contributed by atoms with Crippen molar-refractivity contribution in [2.75, 3.05) is 68.6 Å². The van der Waals surface area contributed by atoms with Gasteiger partial charge < -0.3 is 29.9 Å². The molecule has 0 bridgehead atoms. The van der Waals surface area contributed by atoms with Gasteiger partial charge in [-0.1, -0.05) is 36.4 Å². The highest BCUT2D eigenvalue weighted by Gasteiger charge is 2.23. The molecule has 11 heteroatoms. The van der Waals surface area contributed by atoms with Gasteiger partial charge in [-0.05, 0) is 79.0 Å². The molecule has 9 nitrogen and oxygen atoms in total. The molecule has 1 unspecified atom stereocenters. The van der Waals surface area contributed by atoms with Crippen LogP contribution < -0.4 is 15.5 Å². The second-order valence-corrected chi connectivity index (χ2v) is 13.1. The van der Waals surface area contributed by atoms with Gasteiger partial charge in [0.1, 0.15) is 11.6 Å². The second kappa shape index (κ2) is 15.4. The van der Waals surface area contributed by atoms with E-state index in [-0.39, 0.29) is 18.6 Å². The molecule has 3 heterocycles. The Morgan fingerprint density at radius 1 is 0.940 bits per heavy atom. The number of rotatable bonds is 11. The number of aromatic nitrogens is 2. The van der Waals surface area contributed by atoms with Gasteiger partial charge in [-0.3, -0.25) is 9.89 Å². The lowest BCUT2D eigenvalue weighted by atomic mass is 9.91. The Labute approximate surface area is 290 Å². The summed E-state index contributed by atoms with van der Waals surface area (Å²) in [5.74, 6) is -1.73. The zero-order chi connectivity index (χ0) is 34.5. The highest BCUT2D eigenvalue weighted by Crippen LogP contribution is 2.33. The average Bonchev–Trinajstić information content (AvgIpc) is 3.52. The summed E-state index contributed by atoms with van der Waals surface area (Å²) in [5, 5.41) is 14.8. The summed E-state index contributed by atoms with van der Waals surface area (Å²) in [6.45, 7) is 5.69. The molecule has 1 amide bonds. The number of piperazine rings is 1. The summed E-state index contributed by atoms with van der Waals surface area (Å²) in [6, 6.07) is 25.1. The highest BCUT2D eigenvalue weighted by molar-refractivity contribution is 6.11. The summed E-state index contributed by atoms with van der Waals surface area (Å²) in [4.78, 5) is 18.7. The Hall–Kier alpha value is -4.84. The lowest BCUT2D eigenvalue weighted by Gasteiger charge is -2.34. The van der Waals surface area contributed by atoms with Crippen LogP contribution in [0.3, 0.4) is 0 Å². The number of ether oxygens (including phenoxy) is 2. The first-order chi connectivity index (χ1) is 24.4. The van der Waals surface area contributed by atoms with Crippen molar-refractivity contribution in [1.82, 2.24) is 15.1 Å². The van der Waals surface area contributed by atoms with Gasteiger partial charge in [-0.2, -0.15) is 5.10 Å². The fraction of sp³-hybridized carbons (Fsp3) is 0.333. The number of carbonyl (C=O) groups is 1. The van der Waals surface area contributed by atoms with Crippen LogP contribution in [0.2, 0.25) is 0 Å². The van der Waals surface area contributed by atoms with Gasteiger partial charge in [0.15, 0.2) is 5.82 Å². The zero-order valence-electron chi connectivity index (χ0n) is 28.1. The smallest absolute Gasteiger partial charge is 0.258 e. The van der Waals surface area contributed by atoms with Crippen LogP contribution in [0, 0.1) is 11.6 Å². The third-order valence-electron chi connectivity index (χ3n) is 9.60. The molecule has 0 aliphatic carbocycles. The molecule has 4 aromatic carbocycles. The average molecular weight is 681 g/mol. The Kier molecular flexibility index (Phi) is 10.3. The minimum atomic E-state index is -0.658. The van der Waals surface area contributed by atoms with Gasteiger partial charge in [0.2, 0.25) is 0 Å². The number of nitrogens with zero attached hydrogens (tertiary/aromatic N) is 3. The predicted molar refractivity (Wildman–Crippen MR) is 192 cm³/mol. The van der Waals surface area contributed by atoms with E-state index in [1.807, 2.05) is 60.7 Å². The molecule has 2 saturated heterocycles.